The number of hydrogen-bond donors (Lipinski definition) is 1. The molecule has 21 heavy (non-hydrogen) atoms. The lowest BCUT2D eigenvalue weighted by atomic mass is 10.1. The fourth-order valence-corrected chi connectivity index (χ4v) is 2.46. The number of methoxy groups -OCH3 is 1. The van der Waals surface area contributed by atoms with E-state index in [2.05, 4.69) is 4.98 Å². The SMILES string of the molecule is COc1ccc(CC(N)c2cc3cccc(Cl)c3o2)cn1. The average Bonchev–Trinajstić information content (AvgIpc) is 2.94. The van der Waals surface area contributed by atoms with Crippen molar-refractivity contribution in [3.63, 3.8) is 0 Å². The minimum absolute atomic E-state index is 0.247. The Morgan fingerprint density at radius 2 is 2.19 bits per heavy atom. The molecule has 0 saturated carbocycles. The second kappa shape index (κ2) is 5.76. The van der Waals surface area contributed by atoms with Crippen LogP contribution in [-0.4, -0.2) is 12.1 Å². The molecule has 1 atom stereocenters. The largest absolute Gasteiger partial charge is 0.481 e. The number of nitrogens with zero attached hydrogens (tertiary/aromatic N) is 1. The van der Waals surface area contributed by atoms with Gasteiger partial charge in [0.25, 0.3) is 0 Å². The molecule has 0 spiro atoms. The van der Waals surface area contributed by atoms with Crippen molar-refractivity contribution < 1.29 is 9.15 Å². The van der Waals surface area contributed by atoms with Crippen molar-refractivity contribution in [2.24, 2.45) is 5.73 Å². The van der Waals surface area contributed by atoms with Crippen LogP contribution in [0.4, 0.5) is 0 Å². The Morgan fingerprint density at radius 3 is 2.86 bits per heavy atom. The maximum atomic E-state index is 6.22. The van der Waals surface area contributed by atoms with Crippen molar-refractivity contribution in [1.82, 2.24) is 4.98 Å². The number of pyridine rings is 1. The first-order valence-electron chi connectivity index (χ1n) is 6.60. The maximum Gasteiger partial charge on any atom is 0.212 e. The van der Waals surface area contributed by atoms with E-state index in [1.807, 2.05) is 30.3 Å². The van der Waals surface area contributed by atoms with Crippen molar-refractivity contribution in [1.29, 1.82) is 0 Å². The monoisotopic (exact) mass is 302 g/mol. The van der Waals surface area contributed by atoms with Crippen LogP contribution in [0.2, 0.25) is 5.02 Å². The first-order chi connectivity index (χ1) is 10.2. The summed E-state index contributed by atoms with van der Waals surface area (Å²) in [6.45, 7) is 0. The van der Waals surface area contributed by atoms with E-state index in [0.29, 0.717) is 28.7 Å². The van der Waals surface area contributed by atoms with Gasteiger partial charge in [-0.25, -0.2) is 4.98 Å². The van der Waals surface area contributed by atoms with Crippen molar-refractivity contribution in [2.45, 2.75) is 12.5 Å². The molecule has 1 aromatic carbocycles. The highest BCUT2D eigenvalue weighted by Gasteiger charge is 2.14. The van der Waals surface area contributed by atoms with E-state index in [0.717, 1.165) is 10.9 Å². The number of aromatic nitrogens is 1. The van der Waals surface area contributed by atoms with Gasteiger partial charge in [0.2, 0.25) is 5.88 Å². The zero-order valence-corrected chi connectivity index (χ0v) is 12.3. The summed E-state index contributed by atoms with van der Waals surface area (Å²) < 4.78 is 10.8. The number of halogens is 1. The van der Waals surface area contributed by atoms with Crippen molar-refractivity contribution in [2.75, 3.05) is 7.11 Å². The molecule has 0 aliphatic heterocycles. The number of furan rings is 1. The number of hydrogen-bond acceptors (Lipinski definition) is 4. The predicted molar refractivity (Wildman–Crippen MR) is 82.6 cm³/mol. The van der Waals surface area contributed by atoms with Crippen LogP contribution in [0, 0.1) is 0 Å². The van der Waals surface area contributed by atoms with Gasteiger partial charge in [-0.15, -0.1) is 0 Å². The molecule has 4 nitrogen and oxygen atoms in total. The third-order valence-corrected chi connectivity index (χ3v) is 3.64. The van der Waals surface area contributed by atoms with E-state index in [1.165, 1.54) is 0 Å². The topological polar surface area (TPSA) is 61.3 Å². The van der Waals surface area contributed by atoms with Gasteiger partial charge in [0.15, 0.2) is 5.58 Å². The van der Waals surface area contributed by atoms with Crippen molar-refractivity contribution in [3.8, 4) is 5.88 Å². The Morgan fingerprint density at radius 1 is 1.33 bits per heavy atom. The summed E-state index contributed by atoms with van der Waals surface area (Å²) >= 11 is 6.11. The third-order valence-electron chi connectivity index (χ3n) is 3.34. The van der Waals surface area contributed by atoms with Gasteiger partial charge >= 0.3 is 0 Å². The first kappa shape index (κ1) is 13.9. The second-order valence-electron chi connectivity index (χ2n) is 4.83. The Kier molecular flexibility index (Phi) is 3.82. The molecule has 3 aromatic rings. The smallest absolute Gasteiger partial charge is 0.212 e. The highest BCUT2D eigenvalue weighted by Crippen LogP contribution is 2.29. The van der Waals surface area contributed by atoms with Crippen LogP contribution in [0.25, 0.3) is 11.0 Å². The van der Waals surface area contributed by atoms with Crippen LogP contribution >= 0.6 is 11.6 Å². The maximum absolute atomic E-state index is 6.22. The van der Waals surface area contributed by atoms with Crippen LogP contribution in [0.5, 0.6) is 5.88 Å². The molecule has 2 heterocycles. The van der Waals surface area contributed by atoms with Gasteiger partial charge in [-0.05, 0) is 24.1 Å². The first-order valence-corrected chi connectivity index (χ1v) is 6.97. The van der Waals surface area contributed by atoms with Gasteiger partial charge in [0.05, 0.1) is 18.2 Å². The van der Waals surface area contributed by atoms with E-state index >= 15 is 0 Å². The second-order valence-corrected chi connectivity index (χ2v) is 5.23. The summed E-state index contributed by atoms with van der Waals surface area (Å²) in [7, 11) is 1.59. The van der Waals surface area contributed by atoms with Crippen LogP contribution in [0.15, 0.2) is 47.0 Å². The molecule has 0 fully saturated rings. The number of ether oxygens (including phenoxy) is 1. The highest BCUT2D eigenvalue weighted by molar-refractivity contribution is 6.34. The summed E-state index contributed by atoms with van der Waals surface area (Å²) in [6, 6.07) is 11.1. The van der Waals surface area contributed by atoms with Gasteiger partial charge in [-0.3, -0.25) is 0 Å². The molecule has 0 amide bonds. The van der Waals surface area contributed by atoms with E-state index < -0.39 is 0 Å². The quantitative estimate of drug-likeness (QED) is 0.797. The van der Waals surface area contributed by atoms with E-state index in [9.17, 15) is 0 Å². The van der Waals surface area contributed by atoms with Gasteiger partial charge in [-0.1, -0.05) is 29.8 Å². The predicted octanol–water partition coefficient (Wildman–Crippen LogP) is 3.73. The van der Waals surface area contributed by atoms with Crippen LogP contribution in [0.3, 0.4) is 0 Å². The molecule has 0 radical (unpaired) electrons. The minimum Gasteiger partial charge on any atom is -0.481 e. The van der Waals surface area contributed by atoms with E-state index in [1.54, 1.807) is 19.4 Å². The molecule has 0 aliphatic rings. The van der Waals surface area contributed by atoms with Gasteiger partial charge < -0.3 is 14.9 Å². The minimum atomic E-state index is -0.247. The zero-order valence-electron chi connectivity index (χ0n) is 11.5. The third kappa shape index (κ3) is 2.86. The van der Waals surface area contributed by atoms with E-state index in [4.69, 9.17) is 26.5 Å². The Balaban J connectivity index is 1.82. The Labute approximate surface area is 127 Å². The van der Waals surface area contributed by atoms with Crippen LogP contribution in [0.1, 0.15) is 17.4 Å². The Bertz CT molecular complexity index is 753. The summed E-state index contributed by atoms with van der Waals surface area (Å²) in [5.74, 6) is 1.30. The molecule has 0 saturated heterocycles. The summed E-state index contributed by atoms with van der Waals surface area (Å²) in [6.07, 6.45) is 2.39. The molecular weight excluding hydrogens is 288 g/mol. The number of nitrogens with two attached hydrogens (primary N) is 1. The molecule has 3 rings (SSSR count). The van der Waals surface area contributed by atoms with Crippen molar-refractivity contribution >= 4 is 22.6 Å². The van der Waals surface area contributed by atoms with Crippen LogP contribution < -0.4 is 10.5 Å². The fraction of sp³-hybridized carbons (Fsp3) is 0.188. The lowest BCUT2D eigenvalue weighted by Gasteiger charge is -2.08. The molecule has 0 aliphatic carbocycles. The standard InChI is InChI=1S/C16H15ClN2O2/c1-20-15-6-5-10(9-19-15)7-13(18)14-8-11-3-2-4-12(17)16(11)21-14/h2-6,8-9,13H,7,18H2,1H3. The molecule has 2 aromatic heterocycles. The van der Waals surface area contributed by atoms with Gasteiger partial charge in [0, 0.05) is 17.6 Å². The molecule has 108 valence electrons. The molecule has 5 heteroatoms. The normalized spacial score (nSPS) is 12.5. The lowest BCUT2D eigenvalue weighted by molar-refractivity contribution is 0.397. The number of para-hydroxylation sites is 1. The number of fused-ring (bicyclic) bond motifs is 1. The lowest BCUT2D eigenvalue weighted by Crippen LogP contribution is -2.12. The van der Waals surface area contributed by atoms with Crippen LogP contribution in [-0.2, 0) is 6.42 Å². The average molecular weight is 303 g/mol. The van der Waals surface area contributed by atoms with Gasteiger partial charge in [-0.2, -0.15) is 0 Å². The molecular formula is C16H15ClN2O2. The fourth-order valence-electron chi connectivity index (χ4n) is 2.24. The summed E-state index contributed by atoms with van der Waals surface area (Å²) in [4.78, 5) is 4.17. The van der Waals surface area contributed by atoms with Gasteiger partial charge in [0.1, 0.15) is 5.76 Å². The summed E-state index contributed by atoms with van der Waals surface area (Å²) in [5.41, 5.74) is 7.92. The zero-order chi connectivity index (χ0) is 14.8. The number of benzene rings is 1. The number of rotatable bonds is 4. The molecule has 2 N–H and O–H groups in total. The molecule has 1 unspecified atom stereocenters. The van der Waals surface area contributed by atoms with E-state index in [-0.39, 0.29) is 6.04 Å². The van der Waals surface area contributed by atoms with Crippen molar-refractivity contribution in [3.05, 3.63) is 58.9 Å². The Hall–Kier alpha value is -2.04. The summed E-state index contributed by atoms with van der Waals surface area (Å²) in [5, 5.41) is 1.55. The highest BCUT2D eigenvalue weighted by atomic mass is 35.5. The molecule has 0 bridgehead atoms.